The Morgan fingerprint density at radius 1 is 0.964 bits per heavy atom. The van der Waals surface area contributed by atoms with Crippen LogP contribution in [-0.2, 0) is 6.54 Å². The quantitative estimate of drug-likeness (QED) is 0.695. The number of hydrogen-bond acceptors (Lipinski definition) is 5. The first-order chi connectivity index (χ1) is 13.7. The minimum Gasteiger partial charge on any atom is -0.419 e. The highest BCUT2D eigenvalue weighted by atomic mass is 19.1. The maximum absolute atomic E-state index is 13.1. The molecule has 28 heavy (non-hydrogen) atoms. The lowest BCUT2D eigenvalue weighted by Crippen LogP contribution is -2.35. The van der Waals surface area contributed by atoms with Gasteiger partial charge in [0.1, 0.15) is 5.82 Å². The average molecular weight is 380 g/mol. The molecular weight excluding hydrogens is 359 g/mol. The summed E-state index contributed by atoms with van der Waals surface area (Å²) in [5, 5.41) is 8.28. The zero-order valence-corrected chi connectivity index (χ0v) is 15.4. The Hall–Kier alpha value is -3.06. The average Bonchev–Trinajstić information content (AvgIpc) is 3.07. The van der Waals surface area contributed by atoms with E-state index in [1.807, 2.05) is 35.2 Å². The lowest BCUT2D eigenvalue weighted by Gasteiger charge is -2.21. The van der Waals surface area contributed by atoms with Gasteiger partial charge in [0.25, 0.3) is 5.91 Å². The number of halogens is 1. The van der Waals surface area contributed by atoms with E-state index >= 15 is 0 Å². The number of amides is 1. The van der Waals surface area contributed by atoms with Crippen LogP contribution in [0.25, 0.3) is 11.5 Å². The van der Waals surface area contributed by atoms with Gasteiger partial charge >= 0.3 is 0 Å². The van der Waals surface area contributed by atoms with Gasteiger partial charge < -0.3 is 9.32 Å². The van der Waals surface area contributed by atoms with Crippen molar-refractivity contribution in [1.82, 2.24) is 20.0 Å². The molecular formula is C21H21FN4O2. The van der Waals surface area contributed by atoms with Crippen LogP contribution in [0.2, 0.25) is 0 Å². The third-order valence-electron chi connectivity index (χ3n) is 4.81. The fourth-order valence-corrected chi connectivity index (χ4v) is 3.31. The minimum atomic E-state index is -0.340. The Kier molecular flexibility index (Phi) is 5.43. The predicted octanol–water partition coefficient (Wildman–Crippen LogP) is 3.22. The van der Waals surface area contributed by atoms with E-state index in [9.17, 15) is 9.18 Å². The number of carbonyl (C=O) groups excluding carboxylic acids is 1. The molecule has 0 aliphatic carbocycles. The summed E-state index contributed by atoms with van der Waals surface area (Å²) in [4.78, 5) is 16.7. The molecule has 0 atom stereocenters. The van der Waals surface area contributed by atoms with Crippen molar-refractivity contribution in [2.45, 2.75) is 13.0 Å². The summed E-state index contributed by atoms with van der Waals surface area (Å²) in [6, 6.07) is 15.4. The fourth-order valence-electron chi connectivity index (χ4n) is 3.31. The summed E-state index contributed by atoms with van der Waals surface area (Å²) in [6.07, 6.45) is 0.854. The van der Waals surface area contributed by atoms with Crippen LogP contribution in [0.5, 0.6) is 0 Å². The van der Waals surface area contributed by atoms with Gasteiger partial charge in [-0.15, -0.1) is 10.2 Å². The van der Waals surface area contributed by atoms with Gasteiger partial charge in [-0.2, -0.15) is 0 Å². The maximum atomic E-state index is 13.1. The highest BCUT2D eigenvalue weighted by molar-refractivity contribution is 5.94. The Morgan fingerprint density at radius 3 is 2.54 bits per heavy atom. The van der Waals surface area contributed by atoms with Crippen LogP contribution < -0.4 is 0 Å². The molecule has 7 heteroatoms. The van der Waals surface area contributed by atoms with Gasteiger partial charge in [-0.3, -0.25) is 9.69 Å². The van der Waals surface area contributed by atoms with Gasteiger partial charge in [-0.25, -0.2) is 4.39 Å². The molecule has 2 heterocycles. The van der Waals surface area contributed by atoms with Crippen LogP contribution in [0.15, 0.2) is 59.0 Å². The van der Waals surface area contributed by atoms with Crippen LogP contribution >= 0.6 is 0 Å². The first kappa shape index (κ1) is 18.3. The zero-order chi connectivity index (χ0) is 19.3. The minimum absolute atomic E-state index is 0.0639. The highest BCUT2D eigenvalue weighted by Crippen LogP contribution is 2.18. The number of carbonyl (C=O) groups is 1. The van der Waals surface area contributed by atoms with Crippen molar-refractivity contribution >= 4 is 5.91 Å². The second kappa shape index (κ2) is 8.31. The van der Waals surface area contributed by atoms with Gasteiger partial charge in [0, 0.05) is 37.3 Å². The molecule has 2 aromatic carbocycles. The van der Waals surface area contributed by atoms with E-state index in [4.69, 9.17) is 4.42 Å². The summed E-state index contributed by atoms with van der Waals surface area (Å²) in [6.45, 7) is 3.40. The molecule has 3 aromatic rings. The van der Waals surface area contributed by atoms with E-state index < -0.39 is 0 Å². The van der Waals surface area contributed by atoms with Gasteiger partial charge in [0.15, 0.2) is 0 Å². The van der Waals surface area contributed by atoms with E-state index in [0.29, 0.717) is 37.0 Å². The summed E-state index contributed by atoms with van der Waals surface area (Å²) in [7, 11) is 0. The van der Waals surface area contributed by atoms with Gasteiger partial charge in [0.2, 0.25) is 11.8 Å². The number of aromatic nitrogens is 2. The smallest absolute Gasteiger partial charge is 0.253 e. The molecule has 1 aromatic heterocycles. The van der Waals surface area contributed by atoms with Crippen molar-refractivity contribution in [1.29, 1.82) is 0 Å². The summed E-state index contributed by atoms with van der Waals surface area (Å²) < 4.78 is 18.9. The monoisotopic (exact) mass is 380 g/mol. The SMILES string of the molecule is O=C(c1ccc(F)cc1)N1CCCN(Cc2nnc(-c3ccccc3)o2)CC1. The summed E-state index contributed by atoms with van der Waals surface area (Å²) >= 11 is 0. The molecule has 144 valence electrons. The Morgan fingerprint density at radius 2 is 1.75 bits per heavy atom. The van der Waals surface area contributed by atoms with E-state index in [2.05, 4.69) is 15.1 Å². The molecule has 0 radical (unpaired) electrons. The van der Waals surface area contributed by atoms with E-state index in [-0.39, 0.29) is 11.7 Å². The number of hydrogen-bond donors (Lipinski definition) is 0. The van der Waals surface area contributed by atoms with Crippen molar-refractivity contribution < 1.29 is 13.6 Å². The van der Waals surface area contributed by atoms with E-state index in [1.54, 1.807) is 0 Å². The zero-order valence-electron chi connectivity index (χ0n) is 15.4. The summed E-state index contributed by atoms with van der Waals surface area (Å²) in [5.74, 6) is 0.676. The fraction of sp³-hybridized carbons (Fsp3) is 0.286. The van der Waals surface area contributed by atoms with Crippen molar-refractivity contribution in [3.63, 3.8) is 0 Å². The molecule has 0 spiro atoms. The van der Waals surface area contributed by atoms with Gasteiger partial charge in [0.05, 0.1) is 6.54 Å². The summed E-state index contributed by atoms with van der Waals surface area (Å²) in [5.41, 5.74) is 1.41. The van der Waals surface area contributed by atoms with Gasteiger partial charge in [-0.1, -0.05) is 18.2 Å². The molecule has 0 saturated carbocycles. The Labute approximate surface area is 162 Å². The third kappa shape index (κ3) is 4.26. The van der Waals surface area contributed by atoms with Crippen LogP contribution in [0, 0.1) is 5.82 Å². The molecule has 1 amide bonds. The third-order valence-corrected chi connectivity index (χ3v) is 4.81. The van der Waals surface area contributed by atoms with E-state index in [1.165, 1.54) is 24.3 Å². The molecule has 6 nitrogen and oxygen atoms in total. The van der Waals surface area contributed by atoms with Crippen LogP contribution in [0.4, 0.5) is 4.39 Å². The van der Waals surface area contributed by atoms with Crippen LogP contribution in [0.1, 0.15) is 22.7 Å². The van der Waals surface area contributed by atoms with Crippen molar-refractivity contribution in [2.24, 2.45) is 0 Å². The Balaban J connectivity index is 1.36. The standard InChI is InChI=1S/C21H21FN4O2/c22-18-9-7-17(8-10-18)21(27)26-12-4-11-25(13-14-26)15-19-23-24-20(28-19)16-5-2-1-3-6-16/h1-3,5-10H,4,11-15H2. The maximum Gasteiger partial charge on any atom is 0.253 e. The van der Waals surface area contributed by atoms with Gasteiger partial charge in [-0.05, 0) is 42.8 Å². The molecule has 1 aliphatic heterocycles. The molecule has 1 fully saturated rings. The molecule has 0 bridgehead atoms. The molecule has 1 aliphatic rings. The molecule has 1 saturated heterocycles. The Bertz CT molecular complexity index is 927. The lowest BCUT2D eigenvalue weighted by atomic mass is 10.2. The van der Waals surface area contributed by atoms with Crippen molar-refractivity contribution in [2.75, 3.05) is 26.2 Å². The number of nitrogens with zero attached hydrogens (tertiary/aromatic N) is 4. The van der Waals surface area contributed by atoms with E-state index in [0.717, 1.165) is 25.1 Å². The predicted molar refractivity (Wildman–Crippen MR) is 102 cm³/mol. The number of benzene rings is 2. The molecule has 0 N–H and O–H groups in total. The highest BCUT2D eigenvalue weighted by Gasteiger charge is 2.21. The topological polar surface area (TPSA) is 62.5 Å². The van der Waals surface area contributed by atoms with Crippen molar-refractivity contribution in [3.05, 3.63) is 71.9 Å². The second-order valence-electron chi connectivity index (χ2n) is 6.80. The molecule has 4 rings (SSSR count). The molecule has 0 unspecified atom stereocenters. The second-order valence-corrected chi connectivity index (χ2v) is 6.80. The van der Waals surface area contributed by atoms with Crippen molar-refractivity contribution in [3.8, 4) is 11.5 Å². The first-order valence-electron chi connectivity index (χ1n) is 9.34. The lowest BCUT2D eigenvalue weighted by molar-refractivity contribution is 0.0760. The normalized spacial score (nSPS) is 15.4. The largest absolute Gasteiger partial charge is 0.419 e. The van der Waals surface area contributed by atoms with Crippen LogP contribution in [0.3, 0.4) is 0 Å². The van der Waals surface area contributed by atoms with Crippen LogP contribution in [-0.4, -0.2) is 52.1 Å². The first-order valence-corrected chi connectivity index (χ1v) is 9.34. The number of rotatable bonds is 4.